The van der Waals surface area contributed by atoms with E-state index in [1.807, 2.05) is 78.9 Å². The van der Waals surface area contributed by atoms with Crippen molar-refractivity contribution in [1.29, 1.82) is 0 Å². The minimum Gasteiger partial charge on any atom is -0.491 e. The molecule has 0 saturated heterocycles. The van der Waals surface area contributed by atoms with E-state index in [0.29, 0.717) is 70.1 Å². The van der Waals surface area contributed by atoms with Gasteiger partial charge >= 0.3 is 0 Å². The van der Waals surface area contributed by atoms with Crippen LogP contribution in [0.15, 0.2) is 91.0 Å². The summed E-state index contributed by atoms with van der Waals surface area (Å²) in [6.07, 6.45) is 0. The van der Waals surface area contributed by atoms with Crippen molar-refractivity contribution in [3.05, 3.63) is 119 Å². The van der Waals surface area contributed by atoms with Crippen LogP contribution in [0.3, 0.4) is 0 Å². The van der Waals surface area contributed by atoms with Gasteiger partial charge < -0.3 is 39.1 Å². The van der Waals surface area contributed by atoms with Crippen LogP contribution < -0.4 is 24.8 Å². The highest BCUT2D eigenvalue weighted by Crippen LogP contribution is 2.18. The van der Waals surface area contributed by atoms with Crippen LogP contribution in [0.4, 0.5) is 0 Å². The van der Waals surface area contributed by atoms with Gasteiger partial charge in [-0.15, -0.1) is 0 Å². The number of nitrogens with zero attached hydrogens (tertiary/aromatic N) is 1. The van der Waals surface area contributed by atoms with E-state index < -0.39 is 11.8 Å². The van der Waals surface area contributed by atoms with Gasteiger partial charge in [-0.05, 0) is 41.0 Å². The Morgan fingerprint density at radius 2 is 1.02 bits per heavy atom. The molecule has 5 heterocycles. The lowest BCUT2D eigenvalue weighted by Crippen LogP contribution is -2.27. The summed E-state index contributed by atoms with van der Waals surface area (Å²) in [6.45, 7) is 4.28. The number of nitrogens with one attached hydrogen (secondary N) is 2. The second kappa shape index (κ2) is 18.2. The zero-order valence-electron chi connectivity index (χ0n) is 26.2. The number of benzene rings is 3. The van der Waals surface area contributed by atoms with Crippen molar-refractivity contribution in [2.75, 3.05) is 52.9 Å². The predicted octanol–water partition coefficient (Wildman–Crippen LogP) is 4.34. The lowest BCUT2D eigenvalue weighted by Gasteiger charge is -2.12. The molecule has 0 unspecified atom stereocenters. The molecule has 8 rings (SSSR count). The first kappa shape index (κ1) is 33.4. The Kier molecular flexibility index (Phi) is 13.0. The third-order valence-corrected chi connectivity index (χ3v) is 7.00. The van der Waals surface area contributed by atoms with Gasteiger partial charge in [-0.2, -0.15) is 0 Å². The predicted molar refractivity (Wildman–Crippen MR) is 174 cm³/mol. The van der Waals surface area contributed by atoms with Crippen LogP contribution in [-0.4, -0.2) is 69.7 Å². The highest BCUT2D eigenvalue weighted by Gasteiger charge is 2.16. The molecule has 0 atom stereocenters. The molecule has 246 valence electrons. The second-order valence-corrected chi connectivity index (χ2v) is 10.5. The second-order valence-electron chi connectivity index (χ2n) is 10.5. The molecule has 2 N–H and O–H groups in total. The maximum atomic E-state index is 13.2. The number of amides is 2. The van der Waals surface area contributed by atoms with Crippen LogP contribution in [0.25, 0.3) is 0 Å². The summed E-state index contributed by atoms with van der Waals surface area (Å²) in [5, 5.41) is 5.76. The van der Waals surface area contributed by atoms with Gasteiger partial charge in [0.1, 0.15) is 48.5 Å². The molecule has 0 radical (unpaired) electrons. The minimum atomic E-state index is -0.439. The highest BCUT2D eigenvalue weighted by atomic mass is 16.6. The van der Waals surface area contributed by atoms with Crippen LogP contribution in [0.1, 0.15) is 37.7 Å². The largest absolute Gasteiger partial charge is 0.491 e. The van der Waals surface area contributed by atoms with Gasteiger partial charge in [-0.25, -0.2) is 4.98 Å². The lowest BCUT2D eigenvalue weighted by atomic mass is 10.2. The Morgan fingerprint density at radius 1 is 0.574 bits per heavy atom. The number of carbonyl (C=O) groups is 2. The Hall–Kier alpha value is -4.97. The molecule has 0 spiro atoms. The zero-order valence-corrected chi connectivity index (χ0v) is 26.2. The first-order valence-corrected chi connectivity index (χ1v) is 15.5. The Balaban J connectivity index is 1.27. The van der Waals surface area contributed by atoms with Gasteiger partial charge in [-0.1, -0.05) is 54.6 Å². The molecule has 4 aromatic rings. The van der Waals surface area contributed by atoms with Crippen molar-refractivity contribution in [2.24, 2.45) is 0 Å². The smallest absolute Gasteiger partial charge is 0.270 e. The molecule has 0 saturated carbocycles. The monoisotopic (exact) mass is 641 g/mol. The first-order valence-electron chi connectivity index (χ1n) is 15.5. The maximum absolute atomic E-state index is 13.2. The molecule has 4 aliphatic rings. The van der Waals surface area contributed by atoms with Crippen LogP contribution in [-0.2, 0) is 33.9 Å². The topological polar surface area (TPSA) is 126 Å². The fourth-order valence-corrected chi connectivity index (χ4v) is 4.49. The quantitative estimate of drug-likeness (QED) is 0.336. The highest BCUT2D eigenvalue weighted by molar-refractivity contribution is 5.97. The Morgan fingerprint density at radius 3 is 1.49 bits per heavy atom. The number of hydrogen-bond donors (Lipinski definition) is 2. The minimum absolute atomic E-state index is 0.0659. The van der Waals surface area contributed by atoms with Crippen molar-refractivity contribution in [2.45, 2.75) is 19.7 Å². The van der Waals surface area contributed by atoms with Crippen LogP contribution in [0.5, 0.6) is 17.2 Å². The molecule has 6 bridgehead atoms. The fourth-order valence-electron chi connectivity index (χ4n) is 4.49. The number of hydrogen-bond acceptors (Lipinski definition) is 9. The molecule has 0 aliphatic carbocycles. The van der Waals surface area contributed by atoms with E-state index in [-0.39, 0.29) is 31.1 Å². The molecular weight excluding hydrogens is 602 g/mol. The number of pyridine rings is 1. The van der Waals surface area contributed by atoms with Crippen LogP contribution in [0.2, 0.25) is 0 Å². The van der Waals surface area contributed by atoms with E-state index in [4.69, 9.17) is 28.4 Å². The summed E-state index contributed by atoms with van der Waals surface area (Å²) in [5.74, 6) is 0.861. The number of rotatable bonds is 3. The van der Waals surface area contributed by atoms with Gasteiger partial charge in [0.15, 0.2) is 0 Å². The lowest BCUT2D eigenvalue weighted by molar-refractivity contribution is 0.00499. The number of carbonyl (C=O) groups excluding carboxylic acids is 2. The molecule has 11 heteroatoms. The standard InChI is InChI=1S/C36H39N3O8/c40-35-33-22-32(47-26-29-4-2-1-3-5-29)23-34(39-33)36(41)38-25-28-8-12-31(13-9-28)46-21-19-44-17-15-42-14-16-43-18-20-45-30-10-6-27(7-11-30)24-37-35/h1-13,22-23H,14-21,24-26H2,(H,37,40)(H,38,41). The Labute approximate surface area is 274 Å². The molecule has 1 aromatic heterocycles. The van der Waals surface area contributed by atoms with Crippen molar-refractivity contribution >= 4 is 11.8 Å². The fraction of sp³-hybridized carbons (Fsp3) is 0.306. The zero-order chi connectivity index (χ0) is 32.5. The molecular formula is C36H39N3O8. The van der Waals surface area contributed by atoms with Crippen LogP contribution >= 0.6 is 0 Å². The molecule has 3 aromatic carbocycles. The van der Waals surface area contributed by atoms with Crippen molar-refractivity contribution in [3.8, 4) is 17.2 Å². The molecule has 11 nitrogen and oxygen atoms in total. The van der Waals surface area contributed by atoms with Gasteiger partial charge in [-0.3, -0.25) is 9.59 Å². The third kappa shape index (κ3) is 11.4. The van der Waals surface area contributed by atoms with Crippen molar-refractivity contribution in [1.82, 2.24) is 15.6 Å². The van der Waals surface area contributed by atoms with E-state index in [0.717, 1.165) is 16.7 Å². The van der Waals surface area contributed by atoms with E-state index in [1.165, 1.54) is 12.1 Å². The van der Waals surface area contributed by atoms with Gasteiger partial charge in [0.05, 0.1) is 39.6 Å². The van der Waals surface area contributed by atoms with Gasteiger partial charge in [0.25, 0.3) is 11.8 Å². The Bertz CT molecular complexity index is 1460. The summed E-state index contributed by atoms with van der Waals surface area (Å²) < 4.78 is 34.1. The van der Waals surface area contributed by atoms with Crippen molar-refractivity contribution < 1.29 is 38.0 Å². The average molecular weight is 642 g/mol. The average Bonchev–Trinajstić information content (AvgIpc) is 3.11. The normalized spacial score (nSPS) is 15.8. The van der Waals surface area contributed by atoms with E-state index in [2.05, 4.69) is 15.6 Å². The van der Waals surface area contributed by atoms with Gasteiger partial charge in [0.2, 0.25) is 0 Å². The van der Waals surface area contributed by atoms with E-state index >= 15 is 0 Å². The van der Waals surface area contributed by atoms with E-state index in [9.17, 15) is 9.59 Å². The summed E-state index contributed by atoms with van der Waals surface area (Å²) in [6, 6.07) is 27.5. The molecule has 2 amide bonds. The number of ether oxygens (including phenoxy) is 6. The molecule has 47 heavy (non-hydrogen) atoms. The maximum Gasteiger partial charge on any atom is 0.270 e. The summed E-state index contributed by atoms with van der Waals surface area (Å²) in [7, 11) is 0. The summed E-state index contributed by atoms with van der Waals surface area (Å²) in [5.41, 5.74) is 2.82. The number of aromatic nitrogens is 1. The first-order chi connectivity index (χ1) is 23.1. The SMILES string of the molecule is O=C1NCc2ccc(cc2)OCCOCCOCCOCCOc2ccc(cc2)CNC(=O)c2cc(OCc3ccccc3)cc1n2. The van der Waals surface area contributed by atoms with E-state index in [1.54, 1.807) is 0 Å². The van der Waals surface area contributed by atoms with Crippen molar-refractivity contribution in [3.63, 3.8) is 0 Å². The molecule has 0 fully saturated rings. The molecule has 4 aliphatic heterocycles. The van der Waals surface area contributed by atoms with Gasteiger partial charge in [0, 0.05) is 25.2 Å². The summed E-state index contributed by atoms with van der Waals surface area (Å²) in [4.78, 5) is 30.8. The summed E-state index contributed by atoms with van der Waals surface area (Å²) >= 11 is 0. The third-order valence-electron chi connectivity index (χ3n) is 7.00. The van der Waals surface area contributed by atoms with Crippen LogP contribution in [0, 0.1) is 0 Å².